The van der Waals surface area contributed by atoms with Gasteiger partial charge in [-0.05, 0) is 45.0 Å². The fraction of sp³-hybridized carbons (Fsp3) is 0.452. The largest absolute Gasteiger partial charge is 0.463 e. The normalized spacial score (nSPS) is 20.8. The van der Waals surface area contributed by atoms with Crippen LogP contribution in [0.25, 0.3) is 0 Å². The van der Waals surface area contributed by atoms with Crippen molar-refractivity contribution < 1.29 is 64.5 Å². The average molecular weight is 727 g/mol. The van der Waals surface area contributed by atoms with Crippen LogP contribution in [0.1, 0.15) is 45.7 Å². The lowest BCUT2D eigenvalue weighted by atomic mass is 9.95. The maximum atomic E-state index is 14.3. The molecule has 0 N–H and O–H groups in total. The highest BCUT2D eigenvalue weighted by atomic mass is 32.2. The van der Waals surface area contributed by atoms with Gasteiger partial charge in [0.1, 0.15) is 18.8 Å². The Morgan fingerprint density at radius 2 is 1.12 bits per heavy atom. The van der Waals surface area contributed by atoms with Crippen LogP contribution in [0.4, 0.5) is 4.79 Å². The van der Waals surface area contributed by atoms with Crippen LogP contribution in [0.3, 0.4) is 0 Å². The highest BCUT2D eigenvalue weighted by molar-refractivity contribution is 7.90. The average Bonchev–Trinajstić information content (AvgIpc) is 2.98. The van der Waals surface area contributed by atoms with Crippen molar-refractivity contribution in [2.75, 3.05) is 13.2 Å². The molecular weight excluding hydrogens is 688 g/mol. The van der Waals surface area contributed by atoms with Gasteiger partial charge in [-0.3, -0.25) is 19.2 Å². The molecule has 0 unspecified atom stereocenters. The molecule has 0 aliphatic carbocycles. The Balaban J connectivity index is 2.47. The van der Waals surface area contributed by atoms with E-state index in [0.717, 1.165) is 27.7 Å². The first-order valence-electron chi connectivity index (χ1n) is 14.9. The predicted octanol–water partition coefficient (Wildman–Crippen LogP) is 2.21. The van der Waals surface area contributed by atoms with Gasteiger partial charge in [-0.25, -0.2) is 25.9 Å². The number of ether oxygens (including phenoxy) is 5. The van der Waals surface area contributed by atoms with Crippen LogP contribution < -0.4 is 0 Å². The van der Waals surface area contributed by atoms with Gasteiger partial charge in [0, 0.05) is 27.7 Å². The summed E-state index contributed by atoms with van der Waals surface area (Å²) in [5.41, 5.74) is 1.31. The van der Waals surface area contributed by atoms with E-state index in [0.29, 0.717) is 11.1 Å². The number of aryl methyl sites for hydroxylation is 2. The van der Waals surface area contributed by atoms with Crippen LogP contribution in [-0.2, 0) is 62.9 Å². The van der Waals surface area contributed by atoms with Crippen molar-refractivity contribution in [1.82, 2.24) is 8.61 Å². The summed E-state index contributed by atoms with van der Waals surface area (Å²) in [5, 5.41) is 0. The molecular formula is C31H38N2O14S2. The molecule has 3 rings (SSSR count). The van der Waals surface area contributed by atoms with Gasteiger partial charge in [0.05, 0.1) is 16.4 Å². The van der Waals surface area contributed by atoms with E-state index in [1.54, 1.807) is 13.8 Å². The molecule has 1 aliphatic rings. The van der Waals surface area contributed by atoms with E-state index in [1.165, 1.54) is 55.5 Å². The summed E-state index contributed by atoms with van der Waals surface area (Å²) in [6.07, 6.45) is -9.49. The first kappa shape index (κ1) is 38.9. The molecule has 1 aliphatic heterocycles. The van der Waals surface area contributed by atoms with Gasteiger partial charge in [-0.1, -0.05) is 35.4 Å². The summed E-state index contributed by atoms with van der Waals surface area (Å²) in [7, 11) is -10.0. The van der Waals surface area contributed by atoms with Crippen molar-refractivity contribution in [2.24, 2.45) is 0 Å². The molecule has 49 heavy (non-hydrogen) atoms. The van der Waals surface area contributed by atoms with Gasteiger partial charge in [0.25, 0.3) is 20.0 Å². The van der Waals surface area contributed by atoms with Crippen LogP contribution in [-0.4, -0.2) is 99.1 Å². The molecule has 1 heterocycles. The highest BCUT2D eigenvalue weighted by Crippen LogP contribution is 2.37. The molecule has 5 atom stereocenters. The molecule has 18 heteroatoms. The van der Waals surface area contributed by atoms with Crippen molar-refractivity contribution in [3.8, 4) is 0 Å². The first-order chi connectivity index (χ1) is 22.8. The van der Waals surface area contributed by atoms with Crippen LogP contribution >= 0.6 is 0 Å². The number of nitrogens with zero attached hydrogens (tertiary/aromatic N) is 2. The summed E-state index contributed by atoms with van der Waals surface area (Å²) < 4.78 is 84.7. The molecule has 0 spiro atoms. The molecule has 1 saturated heterocycles. The Hall–Kier alpha value is -4.55. The number of rotatable bonds is 11. The summed E-state index contributed by atoms with van der Waals surface area (Å²) >= 11 is 0. The lowest BCUT2D eigenvalue weighted by molar-refractivity contribution is -0.243. The predicted molar refractivity (Wildman–Crippen MR) is 168 cm³/mol. The Morgan fingerprint density at radius 3 is 1.53 bits per heavy atom. The molecule has 0 bridgehead atoms. The summed E-state index contributed by atoms with van der Waals surface area (Å²) in [6, 6.07) is 8.18. The lowest BCUT2D eigenvalue weighted by Crippen LogP contribution is -2.72. The standard InChI is InChI=1S/C31H38N2O14S2/c1-8-43-31(38)33(49(41,42)25-15-11-19(3)12-16-25)30-27(32(20(4)34)48(39,40)24-13-9-18(2)10-14-24)29(46-23(7)37)28(45-22(6)36)26(47-30)17-44-21(5)35/h9-16,26-30H,8,17H2,1-7H3/t26-,27-,28-,29-,30-/m1/s1. The Morgan fingerprint density at radius 1 is 0.673 bits per heavy atom. The van der Waals surface area contributed by atoms with E-state index in [1.807, 2.05) is 0 Å². The van der Waals surface area contributed by atoms with E-state index in [4.69, 9.17) is 23.7 Å². The third kappa shape index (κ3) is 8.93. The molecule has 0 aromatic heterocycles. The van der Waals surface area contributed by atoms with E-state index in [-0.39, 0.29) is 15.2 Å². The van der Waals surface area contributed by atoms with Gasteiger partial charge in [-0.15, -0.1) is 0 Å². The van der Waals surface area contributed by atoms with Crippen LogP contribution in [0, 0.1) is 13.8 Å². The number of benzene rings is 2. The fourth-order valence-electron chi connectivity index (χ4n) is 5.06. The molecule has 268 valence electrons. The van der Waals surface area contributed by atoms with Crippen molar-refractivity contribution in [2.45, 2.75) is 88.8 Å². The van der Waals surface area contributed by atoms with Crippen LogP contribution in [0.15, 0.2) is 58.3 Å². The number of hydrogen-bond acceptors (Lipinski definition) is 14. The van der Waals surface area contributed by atoms with E-state index in [2.05, 4.69) is 0 Å². The second-order valence-corrected chi connectivity index (χ2v) is 14.6. The van der Waals surface area contributed by atoms with Crippen molar-refractivity contribution >= 4 is 50.0 Å². The summed E-state index contributed by atoms with van der Waals surface area (Å²) in [6.45, 7) is 7.36. The zero-order chi connectivity index (χ0) is 36.8. The monoisotopic (exact) mass is 726 g/mol. The van der Waals surface area contributed by atoms with E-state index in [9.17, 15) is 40.8 Å². The zero-order valence-corrected chi connectivity index (χ0v) is 29.5. The Kier molecular flexibility index (Phi) is 12.5. The third-order valence-electron chi connectivity index (χ3n) is 7.10. The molecule has 2 aromatic rings. The number of esters is 3. The minimum Gasteiger partial charge on any atom is -0.463 e. The van der Waals surface area contributed by atoms with Crippen molar-refractivity contribution in [3.63, 3.8) is 0 Å². The molecule has 0 saturated carbocycles. The third-order valence-corrected chi connectivity index (χ3v) is 10.7. The molecule has 1 fully saturated rings. The maximum Gasteiger partial charge on any atom is 0.426 e. The van der Waals surface area contributed by atoms with Crippen LogP contribution in [0.5, 0.6) is 0 Å². The molecule has 16 nitrogen and oxygen atoms in total. The van der Waals surface area contributed by atoms with E-state index >= 15 is 0 Å². The number of amides is 2. The topological polar surface area (TPSA) is 206 Å². The molecule has 0 radical (unpaired) electrons. The van der Waals surface area contributed by atoms with Gasteiger partial charge < -0.3 is 23.7 Å². The maximum absolute atomic E-state index is 14.3. The van der Waals surface area contributed by atoms with Crippen LogP contribution in [0.2, 0.25) is 0 Å². The number of carbonyl (C=O) groups excluding carboxylic acids is 5. The first-order valence-corrected chi connectivity index (χ1v) is 17.7. The highest BCUT2D eigenvalue weighted by Gasteiger charge is 2.60. The summed E-state index contributed by atoms with van der Waals surface area (Å²) in [4.78, 5) is 63.1. The second-order valence-electron chi connectivity index (χ2n) is 11.0. The Labute approximate surface area is 284 Å². The minimum absolute atomic E-state index is 0.0771. The molecule has 2 amide bonds. The molecule has 2 aromatic carbocycles. The minimum atomic E-state index is -5.05. The van der Waals surface area contributed by atoms with E-state index < -0.39 is 96.9 Å². The number of sulfonamides is 2. The van der Waals surface area contributed by atoms with Crippen molar-refractivity contribution in [1.29, 1.82) is 0 Å². The lowest BCUT2D eigenvalue weighted by Gasteiger charge is -2.49. The quantitative estimate of drug-likeness (QED) is 0.241. The van der Waals surface area contributed by atoms with Crippen molar-refractivity contribution in [3.05, 3.63) is 59.7 Å². The second kappa shape index (κ2) is 15.8. The summed E-state index contributed by atoms with van der Waals surface area (Å²) in [5.74, 6) is -4.16. The Bertz CT molecular complexity index is 1780. The SMILES string of the molecule is CCOC(=O)N([C@@H]1O[C@H](COC(C)=O)[C@@H](OC(C)=O)[C@H](OC(C)=O)[C@H]1N(C(C)=O)S(=O)(=O)c1ccc(C)cc1)S(=O)(=O)c1ccc(C)cc1. The van der Waals surface area contributed by atoms with Gasteiger partial charge in [0.15, 0.2) is 18.4 Å². The fourth-order valence-corrected chi connectivity index (χ4v) is 8.05. The smallest absolute Gasteiger partial charge is 0.426 e. The zero-order valence-electron chi connectivity index (χ0n) is 27.8. The number of carbonyl (C=O) groups is 5. The van der Waals surface area contributed by atoms with Gasteiger partial charge in [-0.2, -0.15) is 4.31 Å². The number of hydrogen-bond donors (Lipinski definition) is 0. The van der Waals surface area contributed by atoms with Gasteiger partial charge in [0.2, 0.25) is 5.91 Å². The van der Waals surface area contributed by atoms with Gasteiger partial charge >= 0.3 is 24.0 Å².